The summed E-state index contributed by atoms with van der Waals surface area (Å²) in [4.78, 5) is 40.7. The maximum Gasteiger partial charge on any atom is 0.234 e. The van der Waals surface area contributed by atoms with Gasteiger partial charge < -0.3 is 9.73 Å². The van der Waals surface area contributed by atoms with E-state index in [9.17, 15) is 14.4 Å². The van der Waals surface area contributed by atoms with Crippen LogP contribution in [0.3, 0.4) is 0 Å². The van der Waals surface area contributed by atoms with Crippen LogP contribution < -0.4 is 5.32 Å². The fourth-order valence-corrected chi connectivity index (χ4v) is 5.61. The molecule has 5 rings (SSSR count). The highest BCUT2D eigenvalue weighted by Gasteiger charge is 2.60. The molecule has 2 fully saturated rings. The number of fused-ring (bicyclic) bond motifs is 5. The molecule has 5 atom stereocenters. The number of benzene rings is 1. The Hall–Kier alpha value is -2.57. The van der Waals surface area contributed by atoms with Gasteiger partial charge in [0.1, 0.15) is 17.6 Å². The molecule has 31 heavy (non-hydrogen) atoms. The van der Waals surface area contributed by atoms with E-state index in [1.165, 1.54) is 11.0 Å². The summed E-state index contributed by atoms with van der Waals surface area (Å²) in [7, 11) is 0. The number of rotatable bonds is 5. The summed E-state index contributed by atoms with van der Waals surface area (Å²) in [6.07, 6.45) is 4.80. The van der Waals surface area contributed by atoms with Crippen molar-refractivity contribution in [2.24, 2.45) is 23.7 Å². The van der Waals surface area contributed by atoms with E-state index in [0.717, 1.165) is 6.42 Å². The van der Waals surface area contributed by atoms with Crippen LogP contribution in [-0.4, -0.2) is 22.6 Å². The number of hydrogen-bond donors (Lipinski definition) is 1. The number of halogens is 2. The van der Waals surface area contributed by atoms with E-state index in [4.69, 9.17) is 27.6 Å². The molecule has 3 aliphatic rings. The third-order valence-electron chi connectivity index (χ3n) is 6.49. The lowest BCUT2D eigenvalue weighted by atomic mass is 9.85. The second-order valence-electron chi connectivity index (χ2n) is 8.39. The smallest absolute Gasteiger partial charge is 0.234 e. The highest BCUT2D eigenvalue weighted by atomic mass is 35.5. The van der Waals surface area contributed by atoms with Crippen molar-refractivity contribution in [1.82, 2.24) is 4.90 Å². The van der Waals surface area contributed by atoms with Crippen LogP contribution in [0.5, 0.6) is 0 Å². The molecule has 0 spiro atoms. The Morgan fingerprint density at radius 3 is 2.39 bits per heavy atom. The molecular formula is C23H20Cl2N2O4. The minimum Gasteiger partial charge on any atom is -0.464 e. The summed E-state index contributed by atoms with van der Waals surface area (Å²) in [6.45, 7) is 1.78. The van der Waals surface area contributed by atoms with Crippen molar-refractivity contribution in [1.29, 1.82) is 0 Å². The number of allylic oxidation sites excluding steroid dienone is 2. The normalized spacial score (nSPS) is 27.1. The molecule has 1 saturated heterocycles. The zero-order chi connectivity index (χ0) is 21.9. The maximum atomic E-state index is 13.3. The van der Waals surface area contributed by atoms with E-state index in [2.05, 4.69) is 5.32 Å². The van der Waals surface area contributed by atoms with Crippen LogP contribution in [0.1, 0.15) is 30.4 Å². The molecule has 8 heteroatoms. The number of nitrogens with one attached hydrogen (secondary N) is 1. The number of carbonyl (C=O) groups is 3. The number of nitrogens with zero attached hydrogens (tertiary/aromatic N) is 1. The average molecular weight is 459 g/mol. The summed E-state index contributed by atoms with van der Waals surface area (Å²) in [5.74, 6) is -0.258. The van der Waals surface area contributed by atoms with Gasteiger partial charge in [-0.1, -0.05) is 35.4 Å². The molecule has 1 aliphatic heterocycles. The average Bonchev–Trinajstić information content (AvgIpc) is 3.48. The molecule has 5 unspecified atom stereocenters. The number of likely N-dealkylation sites (tertiary alicyclic amines) is 1. The van der Waals surface area contributed by atoms with E-state index in [0.29, 0.717) is 27.3 Å². The van der Waals surface area contributed by atoms with Gasteiger partial charge in [-0.15, -0.1) is 0 Å². The number of amides is 3. The fraction of sp³-hybridized carbons (Fsp3) is 0.348. The third-order valence-corrected chi connectivity index (χ3v) is 7.04. The largest absolute Gasteiger partial charge is 0.464 e. The minimum absolute atomic E-state index is 0.0946. The van der Waals surface area contributed by atoms with Crippen molar-refractivity contribution in [3.8, 4) is 0 Å². The van der Waals surface area contributed by atoms with Gasteiger partial charge in [0.15, 0.2) is 0 Å². The van der Waals surface area contributed by atoms with Gasteiger partial charge in [0, 0.05) is 5.02 Å². The monoisotopic (exact) mass is 458 g/mol. The van der Waals surface area contributed by atoms with Gasteiger partial charge in [-0.3, -0.25) is 19.3 Å². The lowest BCUT2D eigenvalue weighted by Crippen LogP contribution is -2.38. The summed E-state index contributed by atoms with van der Waals surface area (Å²) < 4.78 is 5.75. The van der Waals surface area contributed by atoms with Crippen molar-refractivity contribution in [2.75, 3.05) is 5.32 Å². The number of aryl methyl sites for hydroxylation is 1. The van der Waals surface area contributed by atoms with Gasteiger partial charge in [-0.25, -0.2) is 0 Å². The summed E-state index contributed by atoms with van der Waals surface area (Å²) in [6, 6.07) is 7.41. The lowest BCUT2D eigenvalue weighted by molar-refractivity contribution is -0.144. The topological polar surface area (TPSA) is 79.6 Å². The van der Waals surface area contributed by atoms with Crippen LogP contribution in [0, 0.1) is 30.6 Å². The molecule has 6 nitrogen and oxygen atoms in total. The first kappa shape index (κ1) is 20.3. The van der Waals surface area contributed by atoms with Crippen LogP contribution in [0.15, 0.2) is 46.9 Å². The second kappa shape index (κ2) is 7.53. The standard InChI is InChI=1S/C23H20Cl2N2O4/c1-11-2-7-18(31-11)17(10-19(28)26-16-6-5-14(24)9-15(16)25)27-22(29)20-12-3-4-13(8-12)21(20)23(27)30/h2-7,9,12-13,17,20-21H,8,10H2,1H3,(H,26,28). The third kappa shape index (κ3) is 3.38. The van der Waals surface area contributed by atoms with Crippen LogP contribution in [-0.2, 0) is 14.4 Å². The van der Waals surface area contributed by atoms with Crippen molar-refractivity contribution in [3.63, 3.8) is 0 Å². The first-order chi connectivity index (χ1) is 14.8. The number of anilines is 1. The van der Waals surface area contributed by atoms with Gasteiger partial charge in [-0.2, -0.15) is 0 Å². The molecule has 1 saturated carbocycles. The molecule has 2 heterocycles. The van der Waals surface area contributed by atoms with Crippen molar-refractivity contribution in [2.45, 2.75) is 25.8 Å². The Balaban J connectivity index is 1.42. The van der Waals surface area contributed by atoms with Crippen LogP contribution in [0.25, 0.3) is 0 Å². The highest BCUT2D eigenvalue weighted by Crippen LogP contribution is 2.54. The summed E-state index contributed by atoms with van der Waals surface area (Å²) in [5.41, 5.74) is 0.406. The molecule has 2 bridgehead atoms. The SMILES string of the molecule is Cc1ccc(C(CC(=O)Nc2ccc(Cl)cc2Cl)N2C(=O)C3C4C=CC(C4)C3C2=O)o1. The van der Waals surface area contributed by atoms with Gasteiger partial charge in [0.05, 0.1) is 29.0 Å². The molecule has 2 aromatic rings. The van der Waals surface area contributed by atoms with Crippen molar-refractivity contribution < 1.29 is 18.8 Å². The van der Waals surface area contributed by atoms with Crippen LogP contribution in [0.4, 0.5) is 5.69 Å². The van der Waals surface area contributed by atoms with Gasteiger partial charge in [-0.05, 0) is 55.5 Å². The van der Waals surface area contributed by atoms with E-state index >= 15 is 0 Å². The first-order valence-corrected chi connectivity index (χ1v) is 11.0. The molecule has 1 N–H and O–H groups in total. The Morgan fingerprint density at radius 2 is 1.81 bits per heavy atom. The Bertz CT molecular complexity index is 1090. The zero-order valence-electron chi connectivity index (χ0n) is 16.7. The van der Waals surface area contributed by atoms with Crippen molar-refractivity contribution in [3.05, 3.63) is 64.0 Å². The number of furan rings is 1. The van der Waals surface area contributed by atoms with E-state index < -0.39 is 6.04 Å². The fourth-order valence-electron chi connectivity index (χ4n) is 5.15. The first-order valence-electron chi connectivity index (χ1n) is 10.2. The Kier molecular flexibility index (Phi) is 4.94. The van der Waals surface area contributed by atoms with Gasteiger partial charge >= 0.3 is 0 Å². The minimum atomic E-state index is -0.815. The molecule has 0 radical (unpaired) electrons. The van der Waals surface area contributed by atoms with Crippen molar-refractivity contribution >= 4 is 46.6 Å². The van der Waals surface area contributed by atoms with E-state index in [1.807, 2.05) is 12.2 Å². The van der Waals surface area contributed by atoms with Gasteiger partial charge in [0.2, 0.25) is 17.7 Å². The molecule has 2 aliphatic carbocycles. The van der Waals surface area contributed by atoms with Crippen LogP contribution in [0.2, 0.25) is 10.0 Å². The lowest BCUT2D eigenvalue weighted by Gasteiger charge is -2.26. The molecule has 1 aromatic heterocycles. The van der Waals surface area contributed by atoms with Gasteiger partial charge in [0.25, 0.3) is 0 Å². The van der Waals surface area contributed by atoms with E-state index in [1.54, 1.807) is 31.2 Å². The van der Waals surface area contributed by atoms with Crippen LogP contribution >= 0.6 is 23.2 Å². The zero-order valence-corrected chi connectivity index (χ0v) is 18.2. The maximum absolute atomic E-state index is 13.3. The molecule has 1 aromatic carbocycles. The molecule has 3 amide bonds. The summed E-state index contributed by atoms with van der Waals surface area (Å²) >= 11 is 12.1. The predicted molar refractivity (Wildman–Crippen MR) is 115 cm³/mol. The number of carbonyl (C=O) groups excluding carboxylic acids is 3. The van der Waals surface area contributed by atoms with E-state index in [-0.39, 0.29) is 47.8 Å². The highest BCUT2D eigenvalue weighted by molar-refractivity contribution is 6.36. The molecule has 160 valence electrons. The predicted octanol–water partition coefficient (Wildman–Crippen LogP) is 4.77. The second-order valence-corrected chi connectivity index (χ2v) is 9.23. The number of hydrogen-bond acceptors (Lipinski definition) is 4. The molecular weight excluding hydrogens is 439 g/mol. The Labute approximate surface area is 189 Å². The Morgan fingerprint density at radius 1 is 1.13 bits per heavy atom. The summed E-state index contributed by atoms with van der Waals surface area (Å²) in [5, 5.41) is 3.50. The number of imide groups is 1. The quantitative estimate of drug-likeness (QED) is 0.516.